The standard InChI is InChI=1S/C18H16O3/c1-2-5-15-6-3-4-7-17(15)21-16-11-8-14(9-12-16)10-13-18(19)20/h2-4,6-13H,1,5H2,(H,19,20). The predicted octanol–water partition coefficient (Wildman–Crippen LogP) is 4.31. The summed E-state index contributed by atoms with van der Waals surface area (Å²) < 4.78 is 5.85. The van der Waals surface area contributed by atoms with Gasteiger partial charge >= 0.3 is 5.97 Å². The number of carboxylic acid groups (broad SMARTS) is 1. The SMILES string of the molecule is C=CCc1ccccc1Oc1ccc(C=CC(=O)O)cc1. The van der Waals surface area contributed by atoms with Crippen molar-refractivity contribution in [2.75, 3.05) is 0 Å². The highest BCUT2D eigenvalue weighted by Gasteiger charge is 2.02. The van der Waals surface area contributed by atoms with Crippen molar-refractivity contribution in [1.29, 1.82) is 0 Å². The minimum Gasteiger partial charge on any atom is -0.478 e. The van der Waals surface area contributed by atoms with Crippen LogP contribution >= 0.6 is 0 Å². The average molecular weight is 280 g/mol. The van der Waals surface area contributed by atoms with Gasteiger partial charge in [-0.15, -0.1) is 6.58 Å². The fourth-order valence-corrected chi connectivity index (χ4v) is 1.87. The summed E-state index contributed by atoms with van der Waals surface area (Å²) in [6.07, 6.45) is 5.23. The Labute approximate surface area is 123 Å². The maximum absolute atomic E-state index is 10.5. The van der Waals surface area contributed by atoms with Crippen molar-refractivity contribution in [3.8, 4) is 11.5 Å². The Morgan fingerprint density at radius 2 is 1.86 bits per heavy atom. The van der Waals surface area contributed by atoms with Crippen molar-refractivity contribution in [3.05, 3.63) is 78.4 Å². The van der Waals surface area contributed by atoms with Crippen molar-refractivity contribution < 1.29 is 14.6 Å². The minimum absolute atomic E-state index is 0.707. The molecule has 0 aliphatic carbocycles. The second-order valence-corrected chi connectivity index (χ2v) is 4.44. The summed E-state index contributed by atoms with van der Waals surface area (Å²) in [7, 11) is 0. The van der Waals surface area contributed by atoms with Crippen molar-refractivity contribution in [2.45, 2.75) is 6.42 Å². The molecule has 3 nitrogen and oxygen atoms in total. The van der Waals surface area contributed by atoms with Crippen molar-refractivity contribution in [1.82, 2.24) is 0 Å². The quantitative estimate of drug-likeness (QED) is 0.633. The summed E-state index contributed by atoms with van der Waals surface area (Å²) in [4.78, 5) is 10.5. The van der Waals surface area contributed by atoms with Crippen molar-refractivity contribution in [3.63, 3.8) is 0 Å². The zero-order chi connectivity index (χ0) is 15.1. The summed E-state index contributed by atoms with van der Waals surface area (Å²) in [5.74, 6) is 0.541. The second-order valence-electron chi connectivity index (χ2n) is 4.44. The van der Waals surface area contributed by atoms with Crippen LogP contribution in [0.3, 0.4) is 0 Å². The summed E-state index contributed by atoms with van der Waals surface area (Å²) in [6, 6.07) is 15.0. The largest absolute Gasteiger partial charge is 0.478 e. The molecule has 106 valence electrons. The highest BCUT2D eigenvalue weighted by Crippen LogP contribution is 2.26. The van der Waals surface area contributed by atoms with Gasteiger partial charge in [-0.25, -0.2) is 4.79 Å². The lowest BCUT2D eigenvalue weighted by Crippen LogP contribution is -1.90. The first-order valence-corrected chi connectivity index (χ1v) is 6.57. The molecule has 0 aromatic heterocycles. The molecule has 21 heavy (non-hydrogen) atoms. The van der Waals surface area contributed by atoms with Crippen LogP contribution in [0.25, 0.3) is 6.08 Å². The van der Waals surface area contributed by atoms with Gasteiger partial charge in [0, 0.05) is 6.08 Å². The van der Waals surface area contributed by atoms with Crippen LogP contribution in [0.2, 0.25) is 0 Å². The molecule has 2 aromatic carbocycles. The van der Waals surface area contributed by atoms with E-state index in [0.29, 0.717) is 5.75 Å². The molecular weight excluding hydrogens is 264 g/mol. The molecule has 1 N–H and O–H groups in total. The summed E-state index contributed by atoms with van der Waals surface area (Å²) >= 11 is 0. The molecule has 0 aliphatic heterocycles. The van der Waals surface area contributed by atoms with Gasteiger partial charge < -0.3 is 9.84 Å². The van der Waals surface area contributed by atoms with E-state index in [0.717, 1.165) is 29.4 Å². The molecule has 0 spiro atoms. The zero-order valence-corrected chi connectivity index (χ0v) is 11.5. The van der Waals surface area contributed by atoms with Crippen molar-refractivity contribution in [2.24, 2.45) is 0 Å². The Hall–Kier alpha value is -2.81. The van der Waals surface area contributed by atoms with Crippen LogP contribution in [0.5, 0.6) is 11.5 Å². The van der Waals surface area contributed by atoms with Crippen LogP contribution in [0, 0.1) is 0 Å². The number of carbonyl (C=O) groups is 1. The molecule has 2 aromatic rings. The summed E-state index contributed by atoms with van der Waals surface area (Å²) in [5, 5.41) is 8.59. The van der Waals surface area contributed by atoms with Gasteiger partial charge in [0.15, 0.2) is 0 Å². The third kappa shape index (κ3) is 4.35. The molecule has 0 heterocycles. The zero-order valence-electron chi connectivity index (χ0n) is 11.5. The number of rotatable bonds is 6. The molecule has 3 heteroatoms. The fourth-order valence-electron chi connectivity index (χ4n) is 1.87. The van der Waals surface area contributed by atoms with E-state index in [-0.39, 0.29) is 0 Å². The lowest BCUT2D eigenvalue weighted by molar-refractivity contribution is -0.131. The maximum atomic E-state index is 10.5. The van der Waals surface area contributed by atoms with Crippen molar-refractivity contribution >= 4 is 12.0 Å². The highest BCUT2D eigenvalue weighted by atomic mass is 16.5. The number of hydrogen-bond acceptors (Lipinski definition) is 2. The number of aliphatic carboxylic acids is 1. The van der Waals surface area contributed by atoms with E-state index in [1.54, 1.807) is 0 Å². The predicted molar refractivity (Wildman–Crippen MR) is 83.5 cm³/mol. The lowest BCUT2D eigenvalue weighted by Gasteiger charge is -2.10. The van der Waals surface area contributed by atoms with Crippen LogP contribution in [0.1, 0.15) is 11.1 Å². The van der Waals surface area contributed by atoms with Crippen LogP contribution in [0.4, 0.5) is 0 Å². The van der Waals surface area contributed by atoms with Gasteiger partial charge in [-0.3, -0.25) is 0 Å². The Balaban J connectivity index is 2.13. The number of hydrogen-bond donors (Lipinski definition) is 1. The Bertz CT molecular complexity index is 654. The van der Waals surface area contributed by atoms with Gasteiger partial charge in [0.1, 0.15) is 11.5 Å². The van der Waals surface area contributed by atoms with Gasteiger partial charge in [0.2, 0.25) is 0 Å². The Morgan fingerprint density at radius 3 is 2.52 bits per heavy atom. The van der Waals surface area contributed by atoms with E-state index < -0.39 is 5.97 Å². The third-order valence-corrected chi connectivity index (χ3v) is 2.86. The number of allylic oxidation sites excluding steroid dienone is 1. The van der Waals surface area contributed by atoms with Gasteiger partial charge in [-0.05, 0) is 41.8 Å². The normalized spacial score (nSPS) is 10.5. The molecule has 0 fully saturated rings. The minimum atomic E-state index is -0.964. The number of ether oxygens (including phenoxy) is 1. The van der Waals surface area contributed by atoms with E-state index in [4.69, 9.17) is 9.84 Å². The maximum Gasteiger partial charge on any atom is 0.328 e. The molecule has 0 atom stereocenters. The molecule has 0 aliphatic rings. The Morgan fingerprint density at radius 1 is 1.14 bits per heavy atom. The molecule has 0 unspecified atom stereocenters. The van der Waals surface area contributed by atoms with Gasteiger partial charge in [0.25, 0.3) is 0 Å². The van der Waals surface area contributed by atoms with Crippen LogP contribution in [-0.4, -0.2) is 11.1 Å². The number of benzene rings is 2. The molecule has 0 bridgehead atoms. The molecule has 0 radical (unpaired) electrons. The first kappa shape index (κ1) is 14.6. The van der Waals surface area contributed by atoms with Gasteiger partial charge in [-0.1, -0.05) is 36.4 Å². The highest BCUT2D eigenvalue weighted by molar-refractivity contribution is 5.85. The van der Waals surface area contributed by atoms with E-state index in [2.05, 4.69) is 6.58 Å². The molecule has 0 amide bonds. The van der Waals surface area contributed by atoms with E-state index in [1.165, 1.54) is 6.08 Å². The smallest absolute Gasteiger partial charge is 0.328 e. The van der Waals surface area contributed by atoms with Gasteiger partial charge in [-0.2, -0.15) is 0 Å². The second kappa shape index (κ2) is 7.10. The summed E-state index contributed by atoms with van der Waals surface area (Å²) in [5.41, 5.74) is 1.88. The molecular formula is C18H16O3. The third-order valence-electron chi connectivity index (χ3n) is 2.86. The van der Waals surface area contributed by atoms with E-state index in [9.17, 15) is 4.79 Å². The molecule has 0 saturated heterocycles. The van der Waals surface area contributed by atoms with E-state index in [1.807, 2.05) is 54.6 Å². The lowest BCUT2D eigenvalue weighted by atomic mass is 10.1. The Kier molecular flexibility index (Phi) is 4.94. The van der Waals surface area contributed by atoms with Crippen LogP contribution < -0.4 is 4.74 Å². The monoisotopic (exact) mass is 280 g/mol. The van der Waals surface area contributed by atoms with Crippen LogP contribution in [-0.2, 0) is 11.2 Å². The first-order chi connectivity index (χ1) is 10.2. The van der Waals surface area contributed by atoms with Crippen LogP contribution in [0.15, 0.2) is 67.3 Å². The van der Waals surface area contributed by atoms with Gasteiger partial charge in [0.05, 0.1) is 0 Å². The van der Waals surface area contributed by atoms with E-state index >= 15 is 0 Å². The topological polar surface area (TPSA) is 46.5 Å². The molecule has 0 saturated carbocycles. The number of para-hydroxylation sites is 1. The summed E-state index contributed by atoms with van der Waals surface area (Å²) in [6.45, 7) is 3.74. The number of carboxylic acids is 1. The average Bonchev–Trinajstić information content (AvgIpc) is 2.49. The molecule has 2 rings (SSSR count). The fraction of sp³-hybridized carbons (Fsp3) is 0.0556. The first-order valence-electron chi connectivity index (χ1n) is 6.57.